The van der Waals surface area contributed by atoms with Crippen LogP contribution in [0, 0.1) is 6.92 Å². The van der Waals surface area contributed by atoms with Crippen molar-refractivity contribution in [3.05, 3.63) is 51.3 Å². The Labute approximate surface area is 128 Å². The molecule has 1 N–H and O–H groups in total. The predicted molar refractivity (Wildman–Crippen MR) is 83.3 cm³/mol. The van der Waals surface area contributed by atoms with E-state index in [1.807, 2.05) is 24.7 Å². The summed E-state index contributed by atoms with van der Waals surface area (Å²) >= 11 is 3.58. The number of benzene rings is 1. The predicted octanol–water partition coefficient (Wildman–Crippen LogP) is 2.93. The SMILES string of the molecule is COCc1ccccc1CNCc1c(Br)c(C)nn1C. The van der Waals surface area contributed by atoms with E-state index in [-0.39, 0.29) is 0 Å². The number of aromatic nitrogens is 2. The van der Waals surface area contributed by atoms with Gasteiger partial charge in [-0.2, -0.15) is 5.10 Å². The van der Waals surface area contributed by atoms with Gasteiger partial charge < -0.3 is 10.1 Å². The van der Waals surface area contributed by atoms with Crippen molar-refractivity contribution < 1.29 is 4.74 Å². The van der Waals surface area contributed by atoms with Crippen LogP contribution in [0.25, 0.3) is 0 Å². The maximum absolute atomic E-state index is 5.23. The van der Waals surface area contributed by atoms with Gasteiger partial charge in [0, 0.05) is 27.2 Å². The second-order valence-corrected chi connectivity index (χ2v) is 5.57. The number of hydrogen-bond acceptors (Lipinski definition) is 3. The Morgan fingerprint density at radius 2 is 1.95 bits per heavy atom. The quantitative estimate of drug-likeness (QED) is 0.880. The zero-order valence-corrected chi connectivity index (χ0v) is 13.7. The number of hydrogen-bond donors (Lipinski definition) is 1. The lowest BCUT2D eigenvalue weighted by Crippen LogP contribution is -2.16. The lowest BCUT2D eigenvalue weighted by atomic mass is 10.1. The molecule has 1 heterocycles. The minimum atomic E-state index is 0.645. The van der Waals surface area contributed by atoms with Gasteiger partial charge >= 0.3 is 0 Å². The highest BCUT2D eigenvalue weighted by Crippen LogP contribution is 2.20. The molecule has 0 amide bonds. The first-order valence-electron chi connectivity index (χ1n) is 6.58. The number of nitrogens with zero attached hydrogens (tertiary/aromatic N) is 2. The Kier molecular flexibility index (Phi) is 5.34. The van der Waals surface area contributed by atoms with Gasteiger partial charge in [-0.15, -0.1) is 0 Å². The van der Waals surface area contributed by atoms with Gasteiger partial charge in [-0.1, -0.05) is 24.3 Å². The van der Waals surface area contributed by atoms with Crippen LogP contribution >= 0.6 is 15.9 Å². The van der Waals surface area contributed by atoms with Crippen LogP contribution in [-0.2, 0) is 31.5 Å². The summed E-state index contributed by atoms with van der Waals surface area (Å²) in [6.45, 7) is 4.24. The standard InChI is InChI=1S/C15H20BrN3O/c1-11-15(16)14(19(2)18-11)9-17-8-12-6-4-5-7-13(12)10-20-3/h4-7,17H,8-10H2,1-3H3. The fourth-order valence-electron chi connectivity index (χ4n) is 2.21. The molecule has 0 atom stereocenters. The summed E-state index contributed by atoms with van der Waals surface area (Å²) in [5.74, 6) is 0. The van der Waals surface area contributed by atoms with Gasteiger partial charge in [0.1, 0.15) is 0 Å². The van der Waals surface area contributed by atoms with Gasteiger partial charge in [0.15, 0.2) is 0 Å². The molecule has 0 aliphatic carbocycles. The summed E-state index contributed by atoms with van der Waals surface area (Å²) in [5.41, 5.74) is 4.67. The molecule has 0 radical (unpaired) electrons. The molecule has 0 spiro atoms. The lowest BCUT2D eigenvalue weighted by Gasteiger charge is -2.10. The summed E-state index contributed by atoms with van der Waals surface area (Å²) in [6.07, 6.45) is 0. The van der Waals surface area contributed by atoms with Crippen molar-refractivity contribution in [1.29, 1.82) is 0 Å². The molecule has 0 saturated carbocycles. The Bertz CT molecular complexity index is 580. The van der Waals surface area contributed by atoms with Crippen LogP contribution in [0.15, 0.2) is 28.7 Å². The minimum Gasteiger partial charge on any atom is -0.380 e. The molecule has 1 aromatic heterocycles. The topological polar surface area (TPSA) is 39.1 Å². The van der Waals surface area contributed by atoms with Crippen molar-refractivity contribution in [3.63, 3.8) is 0 Å². The smallest absolute Gasteiger partial charge is 0.0739 e. The molecule has 0 saturated heterocycles. The molecule has 5 heteroatoms. The third-order valence-corrected chi connectivity index (χ3v) is 4.32. The van der Waals surface area contributed by atoms with Crippen LogP contribution in [0.2, 0.25) is 0 Å². The highest BCUT2D eigenvalue weighted by Gasteiger charge is 2.10. The summed E-state index contributed by atoms with van der Waals surface area (Å²) in [7, 11) is 3.69. The van der Waals surface area contributed by atoms with E-state index in [0.717, 1.165) is 29.0 Å². The van der Waals surface area contributed by atoms with Gasteiger partial charge in [-0.25, -0.2) is 0 Å². The van der Waals surface area contributed by atoms with E-state index >= 15 is 0 Å². The minimum absolute atomic E-state index is 0.645. The highest BCUT2D eigenvalue weighted by atomic mass is 79.9. The van der Waals surface area contributed by atoms with Gasteiger partial charge in [-0.3, -0.25) is 4.68 Å². The molecular weight excluding hydrogens is 318 g/mol. The normalized spacial score (nSPS) is 11.0. The summed E-state index contributed by atoms with van der Waals surface area (Å²) in [6, 6.07) is 8.33. The van der Waals surface area contributed by atoms with Crippen LogP contribution in [0.4, 0.5) is 0 Å². The van der Waals surface area contributed by atoms with E-state index in [0.29, 0.717) is 6.61 Å². The van der Waals surface area contributed by atoms with Gasteiger partial charge in [0.05, 0.1) is 22.5 Å². The third-order valence-electron chi connectivity index (χ3n) is 3.29. The first-order chi connectivity index (χ1) is 9.63. The van der Waals surface area contributed by atoms with Crippen molar-refractivity contribution in [2.24, 2.45) is 7.05 Å². The number of rotatable bonds is 6. The number of ether oxygens (including phenoxy) is 1. The second-order valence-electron chi connectivity index (χ2n) is 4.77. The average molecular weight is 338 g/mol. The number of halogens is 1. The van der Waals surface area contributed by atoms with Crippen LogP contribution in [-0.4, -0.2) is 16.9 Å². The van der Waals surface area contributed by atoms with Crippen LogP contribution in [0.1, 0.15) is 22.5 Å². The van der Waals surface area contributed by atoms with Gasteiger partial charge in [-0.05, 0) is 34.0 Å². The molecule has 2 aromatic rings. The highest BCUT2D eigenvalue weighted by molar-refractivity contribution is 9.10. The molecule has 4 nitrogen and oxygen atoms in total. The number of aryl methyl sites for hydroxylation is 2. The molecule has 1 aromatic carbocycles. The van der Waals surface area contributed by atoms with E-state index in [1.165, 1.54) is 11.1 Å². The second kappa shape index (κ2) is 7.02. The van der Waals surface area contributed by atoms with Crippen molar-refractivity contribution in [3.8, 4) is 0 Å². The van der Waals surface area contributed by atoms with E-state index < -0.39 is 0 Å². The fourth-order valence-corrected chi connectivity index (χ4v) is 2.69. The zero-order chi connectivity index (χ0) is 14.5. The number of nitrogens with one attached hydrogen (secondary N) is 1. The number of methoxy groups -OCH3 is 1. The van der Waals surface area contributed by atoms with Crippen LogP contribution in [0.3, 0.4) is 0 Å². The van der Waals surface area contributed by atoms with E-state index in [1.54, 1.807) is 7.11 Å². The fraction of sp³-hybridized carbons (Fsp3) is 0.400. The Morgan fingerprint density at radius 3 is 2.55 bits per heavy atom. The lowest BCUT2D eigenvalue weighted by molar-refractivity contribution is 0.184. The van der Waals surface area contributed by atoms with E-state index in [9.17, 15) is 0 Å². The van der Waals surface area contributed by atoms with Crippen LogP contribution in [0.5, 0.6) is 0 Å². The van der Waals surface area contributed by atoms with E-state index in [2.05, 4.69) is 44.5 Å². The maximum Gasteiger partial charge on any atom is 0.0739 e. The van der Waals surface area contributed by atoms with Crippen molar-refractivity contribution in [1.82, 2.24) is 15.1 Å². The maximum atomic E-state index is 5.23. The summed E-state index contributed by atoms with van der Waals surface area (Å²) in [4.78, 5) is 0. The van der Waals surface area contributed by atoms with Crippen molar-refractivity contribution >= 4 is 15.9 Å². The average Bonchev–Trinajstić information content (AvgIpc) is 2.67. The Hall–Kier alpha value is -1.17. The Balaban J connectivity index is 1.99. The molecular formula is C15H20BrN3O. The Morgan fingerprint density at radius 1 is 1.25 bits per heavy atom. The molecule has 0 unspecified atom stereocenters. The summed E-state index contributed by atoms with van der Waals surface area (Å²) in [5, 5.41) is 7.86. The van der Waals surface area contributed by atoms with Gasteiger partial charge in [0.2, 0.25) is 0 Å². The summed E-state index contributed by atoms with van der Waals surface area (Å²) < 4.78 is 8.22. The molecule has 0 bridgehead atoms. The molecule has 0 aliphatic heterocycles. The molecule has 2 rings (SSSR count). The van der Waals surface area contributed by atoms with Crippen molar-refractivity contribution in [2.45, 2.75) is 26.6 Å². The first-order valence-corrected chi connectivity index (χ1v) is 7.37. The largest absolute Gasteiger partial charge is 0.380 e. The molecule has 0 fully saturated rings. The van der Waals surface area contributed by atoms with Crippen LogP contribution < -0.4 is 5.32 Å². The zero-order valence-electron chi connectivity index (χ0n) is 12.1. The van der Waals surface area contributed by atoms with Crippen molar-refractivity contribution in [2.75, 3.05) is 7.11 Å². The first kappa shape index (κ1) is 15.2. The molecule has 108 valence electrons. The third kappa shape index (κ3) is 3.48. The molecule has 20 heavy (non-hydrogen) atoms. The van der Waals surface area contributed by atoms with Gasteiger partial charge in [0.25, 0.3) is 0 Å². The molecule has 0 aliphatic rings. The monoisotopic (exact) mass is 337 g/mol. The van der Waals surface area contributed by atoms with E-state index in [4.69, 9.17) is 4.74 Å².